The van der Waals surface area contributed by atoms with Crippen molar-refractivity contribution in [3.8, 4) is 5.75 Å². The van der Waals surface area contributed by atoms with E-state index in [1.54, 1.807) is 34.3 Å². The predicted octanol–water partition coefficient (Wildman–Crippen LogP) is 0.0471. The number of ketones is 2. The lowest BCUT2D eigenvalue weighted by atomic mass is 9.58. The molecular weight excluding hydrogens is 520 g/mol. The topological polar surface area (TPSA) is 197 Å². The number of aromatic hydroxyl groups is 1. The first-order chi connectivity index (χ1) is 18.7. The van der Waals surface area contributed by atoms with Crippen molar-refractivity contribution in [3.05, 3.63) is 45.4 Å². The molecule has 0 spiro atoms. The predicted molar refractivity (Wildman–Crippen MR) is 146 cm³/mol. The number of amides is 1. The highest BCUT2D eigenvalue weighted by Gasteiger charge is 2.63. The van der Waals surface area contributed by atoms with E-state index < -0.39 is 58.0 Å². The zero-order valence-corrected chi connectivity index (χ0v) is 23.4. The number of nitrogens with zero attached hydrogens (tertiary/aromatic N) is 2. The van der Waals surface area contributed by atoms with Gasteiger partial charge in [0, 0.05) is 56.0 Å². The smallest absolute Gasteiger partial charge is 0.255 e. The zero-order valence-electron chi connectivity index (χ0n) is 23.4. The molecule has 5 atom stereocenters. The molecule has 0 aromatic heterocycles. The second-order valence-corrected chi connectivity index (χ2v) is 11.4. The molecule has 0 saturated heterocycles. The number of fused-ring (bicyclic) bond motifs is 3. The molecule has 12 heteroatoms. The van der Waals surface area contributed by atoms with Crippen LogP contribution in [-0.2, 0) is 22.6 Å². The molecule has 0 fully saturated rings. The van der Waals surface area contributed by atoms with Crippen LogP contribution in [0.15, 0.2) is 28.7 Å². The molecule has 12 nitrogen and oxygen atoms in total. The van der Waals surface area contributed by atoms with Gasteiger partial charge in [0.2, 0.25) is 5.78 Å². The largest absolute Gasteiger partial charge is 0.510 e. The summed E-state index contributed by atoms with van der Waals surface area (Å²) < 4.78 is 0. The molecule has 1 unspecified atom stereocenters. The van der Waals surface area contributed by atoms with Crippen LogP contribution in [0.1, 0.15) is 41.3 Å². The van der Waals surface area contributed by atoms with Gasteiger partial charge in [-0.15, -0.1) is 0 Å². The van der Waals surface area contributed by atoms with E-state index in [-0.39, 0.29) is 48.9 Å². The van der Waals surface area contributed by atoms with Crippen molar-refractivity contribution in [2.24, 2.45) is 17.6 Å². The number of hydrogen-bond donors (Lipinski definition) is 7. The number of rotatable bonds is 8. The number of aliphatic hydroxyl groups excluding tert-OH is 3. The lowest BCUT2D eigenvalue weighted by molar-refractivity contribution is -0.148. The van der Waals surface area contributed by atoms with Crippen LogP contribution in [0.4, 0.5) is 5.69 Å². The number of phenols is 1. The zero-order chi connectivity index (χ0) is 29.8. The highest BCUT2D eigenvalue weighted by molar-refractivity contribution is 6.24. The number of carbonyl (C=O) groups excluding carboxylic acids is 3. The van der Waals surface area contributed by atoms with Gasteiger partial charge in [-0.25, -0.2) is 0 Å². The van der Waals surface area contributed by atoms with Gasteiger partial charge < -0.3 is 41.5 Å². The molecule has 218 valence electrons. The van der Waals surface area contributed by atoms with Crippen LogP contribution < -0.4 is 16.0 Å². The van der Waals surface area contributed by atoms with Crippen molar-refractivity contribution in [1.29, 1.82) is 0 Å². The number of benzene rings is 1. The number of nitrogens with two attached hydrogens (primary N) is 1. The fourth-order valence-corrected chi connectivity index (χ4v) is 6.47. The van der Waals surface area contributed by atoms with Crippen molar-refractivity contribution in [1.82, 2.24) is 10.2 Å². The monoisotopic (exact) mass is 558 g/mol. The first-order valence-electron chi connectivity index (χ1n) is 13.2. The van der Waals surface area contributed by atoms with Crippen LogP contribution in [-0.4, -0.2) is 100 Å². The molecule has 0 bridgehead atoms. The quantitative estimate of drug-likeness (QED) is 0.213. The van der Waals surface area contributed by atoms with Gasteiger partial charge in [0.1, 0.15) is 22.8 Å². The highest BCUT2D eigenvalue weighted by Crippen LogP contribution is 2.53. The Bertz CT molecular complexity index is 1330. The lowest BCUT2D eigenvalue weighted by Gasteiger charge is -2.50. The van der Waals surface area contributed by atoms with Crippen molar-refractivity contribution in [3.63, 3.8) is 0 Å². The van der Waals surface area contributed by atoms with Crippen molar-refractivity contribution >= 4 is 23.2 Å². The molecular formula is C28H38N4O8. The molecule has 0 saturated carbocycles. The van der Waals surface area contributed by atoms with Crippen LogP contribution in [0.5, 0.6) is 5.75 Å². The Kier molecular flexibility index (Phi) is 7.76. The maximum atomic E-state index is 14.0. The third-order valence-electron chi connectivity index (χ3n) is 8.46. The van der Waals surface area contributed by atoms with Crippen molar-refractivity contribution < 1.29 is 39.9 Å². The molecule has 0 radical (unpaired) electrons. The van der Waals surface area contributed by atoms with Gasteiger partial charge in [0.05, 0.1) is 11.6 Å². The van der Waals surface area contributed by atoms with E-state index in [4.69, 9.17) is 5.73 Å². The minimum Gasteiger partial charge on any atom is -0.510 e. The van der Waals surface area contributed by atoms with Crippen LogP contribution in [0.2, 0.25) is 0 Å². The Morgan fingerprint density at radius 3 is 2.40 bits per heavy atom. The van der Waals surface area contributed by atoms with E-state index in [2.05, 4.69) is 5.32 Å². The Morgan fingerprint density at radius 2 is 1.85 bits per heavy atom. The first kappa shape index (κ1) is 29.5. The average molecular weight is 559 g/mol. The molecule has 40 heavy (non-hydrogen) atoms. The fraction of sp³-hybridized carbons (Fsp3) is 0.536. The fourth-order valence-electron chi connectivity index (χ4n) is 6.47. The summed E-state index contributed by atoms with van der Waals surface area (Å²) in [5.74, 6) is -6.74. The van der Waals surface area contributed by atoms with E-state index in [9.17, 15) is 39.9 Å². The summed E-state index contributed by atoms with van der Waals surface area (Å²) in [4.78, 5) is 42.9. The van der Waals surface area contributed by atoms with Gasteiger partial charge in [0.15, 0.2) is 11.4 Å². The second kappa shape index (κ2) is 10.5. The van der Waals surface area contributed by atoms with Crippen LogP contribution in [0.25, 0.3) is 0 Å². The summed E-state index contributed by atoms with van der Waals surface area (Å²) in [6.45, 7) is 2.07. The maximum absolute atomic E-state index is 14.0. The molecule has 0 aliphatic heterocycles. The molecule has 1 aromatic rings. The molecule has 3 aliphatic carbocycles. The number of primary amides is 1. The summed E-state index contributed by atoms with van der Waals surface area (Å²) in [5.41, 5.74) is 3.32. The molecule has 8 N–H and O–H groups in total. The summed E-state index contributed by atoms with van der Waals surface area (Å²) in [6, 6.07) is 0.681. The van der Waals surface area contributed by atoms with Gasteiger partial charge in [-0.05, 0) is 57.8 Å². The standard InChI is InChI=1S/C28H38N4O8/c1-12(6-7-33)30-11-14-10-17(31(2)3)15-8-13-9-16-21(32(4)5)24(36)20(27(29)39)26(38)28(16,40)25(37)18(13)23(35)19(15)22(14)34/h10,12-13,16,21,30,33-34,36-37,40H,6-9,11H2,1-5H3,(H2,29,39)/t12?,13-,16-,21+,28-/m0/s1. The number of aliphatic hydroxyl groups is 4. The van der Waals surface area contributed by atoms with Crippen LogP contribution in [0, 0.1) is 11.8 Å². The third kappa shape index (κ3) is 4.35. The van der Waals surface area contributed by atoms with Crippen molar-refractivity contribution in [2.45, 2.75) is 50.4 Å². The number of phenolic OH excluding ortho intramolecular Hbond substituents is 1. The molecule has 1 aromatic carbocycles. The number of Topliss-reactive ketones (excluding diaryl/α,β-unsaturated/α-hetero) is 2. The second-order valence-electron chi connectivity index (χ2n) is 11.4. The minimum atomic E-state index is -2.68. The number of nitrogens with one attached hydrogen (secondary N) is 1. The Balaban J connectivity index is 1.90. The summed E-state index contributed by atoms with van der Waals surface area (Å²) in [6.07, 6.45) is 0.734. The maximum Gasteiger partial charge on any atom is 0.255 e. The number of anilines is 1. The van der Waals surface area contributed by atoms with Gasteiger partial charge in [-0.1, -0.05) is 0 Å². The van der Waals surface area contributed by atoms with Crippen LogP contribution in [0.3, 0.4) is 0 Å². The Labute approximate surface area is 232 Å². The SMILES string of the molecule is CC(CCO)NCc1cc(N(C)C)c2c(c1O)C(=O)C1=C(O)[C@]3(O)C(=O)C(C(N)=O)=C(O)[C@H](N(C)C)[C@@H]3C[C@@H]1C2. The first-order valence-corrected chi connectivity index (χ1v) is 13.2. The Morgan fingerprint density at radius 1 is 1.20 bits per heavy atom. The van der Waals surface area contributed by atoms with Gasteiger partial charge in [0.25, 0.3) is 5.91 Å². The number of allylic oxidation sites excluding steroid dienone is 1. The minimum absolute atomic E-state index is 0.0116. The van der Waals surface area contributed by atoms with E-state index >= 15 is 0 Å². The number of carbonyl (C=O) groups is 3. The lowest BCUT2D eigenvalue weighted by Crippen LogP contribution is -2.63. The molecule has 3 aliphatic rings. The summed E-state index contributed by atoms with van der Waals surface area (Å²) >= 11 is 0. The average Bonchev–Trinajstić information content (AvgIpc) is 2.85. The Hall–Kier alpha value is -3.45. The normalized spacial score (nSPS) is 26.9. The number of hydrogen-bond acceptors (Lipinski definition) is 11. The number of likely N-dealkylation sites (N-methyl/N-ethyl adjacent to an activating group) is 1. The summed E-state index contributed by atoms with van der Waals surface area (Å²) in [7, 11) is 6.79. The molecule has 0 heterocycles. The van der Waals surface area contributed by atoms with E-state index in [0.29, 0.717) is 23.2 Å². The molecule has 4 rings (SSSR count). The van der Waals surface area contributed by atoms with Gasteiger partial charge in [-0.3, -0.25) is 19.3 Å². The van der Waals surface area contributed by atoms with Crippen LogP contribution >= 0.6 is 0 Å². The third-order valence-corrected chi connectivity index (χ3v) is 8.46. The van der Waals surface area contributed by atoms with E-state index in [0.717, 1.165) is 0 Å². The van der Waals surface area contributed by atoms with Gasteiger partial charge in [-0.2, -0.15) is 0 Å². The highest BCUT2D eigenvalue weighted by atomic mass is 16.3. The van der Waals surface area contributed by atoms with Crippen molar-refractivity contribution in [2.75, 3.05) is 39.7 Å². The summed E-state index contributed by atoms with van der Waals surface area (Å²) in [5, 5.41) is 57.8. The molecule has 1 amide bonds. The van der Waals surface area contributed by atoms with Gasteiger partial charge >= 0.3 is 0 Å². The van der Waals surface area contributed by atoms with E-state index in [1.165, 1.54) is 4.90 Å². The van der Waals surface area contributed by atoms with E-state index in [1.807, 2.05) is 11.8 Å².